The van der Waals surface area contributed by atoms with Gasteiger partial charge < -0.3 is 4.90 Å². The van der Waals surface area contributed by atoms with Crippen LogP contribution in [0.5, 0.6) is 0 Å². The van der Waals surface area contributed by atoms with Gasteiger partial charge in [0.15, 0.2) is 0 Å². The largest absolute Gasteiger partial charge is 0.332 e. The lowest BCUT2D eigenvalue weighted by Crippen LogP contribution is -2.41. The molecule has 1 unspecified atom stereocenters. The first-order chi connectivity index (χ1) is 13.7. The van der Waals surface area contributed by atoms with Crippen LogP contribution in [0.15, 0.2) is 53.5 Å². The zero-order chi connectivity index (χ0) is 19.1. The Bertz CT molecular complexity index is 1100. The third-order valence-corrected chi connectivity index (χ3v) is 5.78. The minimum absolute atomic E-state index is 0.0343. The lowest BCUT2D eigenvalue weighted by Gasteiger charge is -2.25. The van der Waals surface area contributed by atoms with E-state index in [1.165, 1.54) is 0 Å². The minimum atomic E-state index is -0.105. The average molecular weight is 374 g/mol. The predicted molar refractivity (Wildman–Crippen MR) is 106 cm³/mol. The van der Waals surface area contributed by atoms with E-state index >= 15 is 0 Å². The number of aromatic nitrogens is 3. The summed E-state index contributed by atoms with van der Waals surface area (Å²) in [5.74, 6) is 0.429. The molecule has 1 aliphatic carbocycles. The van der Waals surface area contributed by atoms with Crippen LogP contribution in [0.4, 0.5) is 0 Å². The number of hydrogen-bond donors (Lipinski definition) is 0. The molecule has 1 aliphatic heterocycles. The van der Waals surface area contributed by atoms with E-state index in [1.807, 2.05) is 41.3 Å². The van der Waals surface area contributed by atoms with Gasteiger partial charge in [0.05, 0.1) is 18.3 Å². The first-order valence-electron chi connectivity index (χ1n) is 9.93. The Morgan fingerprint density at radius 3 is 2.79 bits per heavy atom. The molecule has 3 heterocycles. The molecule has 1 saturated carbocycles. The molecule has 2 fully saturated rings. The maximum absolute atomic E-state index is 13.3. The molecule has 1 atom stereocenters. The second kappa shape index (κ2) is 6.86. The summed E-state index contributed by atoms with van der Waals surface area (Å²) in [6, 6.07) is 13.1. The molecule has 1 saturated heterocycles. The van der Waals surface area contributed by atoms with Crippen molar-refractivity contribution in [2.45, 2.75) is 44.2 Å². The molecule has 5 rings (SSSR count). The number of carbonyl (C=O) groups is 1. The molecule has 0 radical (unpaired) electrons. The second-order valence-electron chi connectivity index (χ2n) is 7.73. The number of nitrogens with zero attached hydrogens (tertiary/aromatic N) is 4. The predicted octanol–water partition coefficient (Wildman–Crippen LogP) is 2.97. The van der Waals surface area contributed by atoms with E-state index in [0.29, 0.717) is 24.7 Å². The summed E-state index contributed by atoms with van der Waals surface area (Å²) in [6.07, 6.45) is 5.78. The van der Waals surface area contributed by atoms with Crippen molar-refractivity contribution >= 4 is 16.7 Å². The number of benzene rings is 1. The zero-order valence-corrected chi connectivity index (χ0v) is 15.6. The Morgan fingerprint density at radius 1 is 1.07 bits per heavy atom. The molecule has 2 aromatic heterocycles. The third-order valence-electron chi connectivity index (χ3n) is 5.78. The summed E-state index contributed by atoms with van der Waals surface area (Å²) < 4.78 is 1.54. The average Bonchev–Trinajstić information content (AvgIpc) is 3.47. The van der Waals surface area contributed by atoms with Crippen molar-refractivity contribution in [1.29, 1.82) is 0 Å². The van der Waals surface area contributed by atoms with E-state index in [2.05, 4.69) is 10.1 Å². The van der Waals surface area contributed by atoms with Gasteiger partial charge in [0.2, 0.25) is 0 Å². The number of pyridine rings is 1. The highest BCUT2D eigenvalue weighted by Gasteiger charge is 2.32. The van der Waals surface area contributed by atoms with Gasteiger partial charge in [-0.05, 0) is 43.2 Å². The highest BCUT2D eigenvalue weighted by molar-refractivity contribution is 6.05. The fraction of sp³-hybridized carbons (Fsp3) is 0.364. The number of carbonyl (C=O) groups excluding carboxylic acids is 1. The number of amides is 1. The van der Waals surface area contributed by atoms with Crippen LogP contribution in [-0.2, 0) is 6.54 Å². The Balaban J connectivity index is 1.43. The van der Waals surface area contributed by atoms with E-state index in [4.69, 9.17) is 0 Å². The minimum Gasteiger partial charge on any atom is -0.332 e. The fourth-order valence-electron chi connectivity index (χ4n) is 4.11. The first-order valence-corrected chi connectivity index (χ1v) is 9.93. The number of likely N-dealkylation sites (tertiary alicyclic amines) is 1. The van der Waals surface area contributed by atoms with Crippen molar-refractivity contribution in [3.63, 3.8) is 0 Å². The van der Waals surface area contributed by atoms with Crippen LogP contribution in [0.1, 0.15) is 47.8 Å². The summed E-state index contributed by atoms with van der Waals surface area (Å²) in [7, 11) is 0. The van der Waals surface area contributed by atoms with Crippen LogP contribution in [0.3, 0.4) is 0 Å². The van der Waals surface area contributed by atoms with Crippen molar-refractivity contribution in [2.24, 2.45) is 0 Å². The first kappa shape index (κ1) is 17.1. The summed E-state index contributed by atoms with van der Waals surface area (Å²) >= 11 is 0. The zero-order valence-electron chi connectivity index (χ0n) is 15.6. The molecule has 0 N–H and O–H groups in total. The molecule has 6 nitrogen and oxygen atoms in total. The molecule has 0 bridgehead atoms. The molecule has 1 amide bonds. The lowest BCUT2D eigenvalue weighted by molar-refractivity contribution is 0.0716. The van der Waals surface area contributed by atoms with Crippen molar-refractivity contribution in [1.82, 2.24) is 19.7 Å². The van der Waals surface area contributed by atoms with E-state index in [9.17, 15) is 9.59 Å². The van der Waals surface area contributed by atoms with E-state index in [0.717, 1.165) is 42.1 Å². The Kier molecular flexibility index (Phi) is 4.19. The normalized spacial score (nSPS) is 19.3. The van der Waals surface area contributed by atoms with Gasteiger partial charge in [-0.2, -0.15) is 5.10 Å². The van der Waals surface area contributed by atoms with Gasteiger partial charge in [0.25, 0.3) is 11.5 Å². The van der Waals surface area contributed by atoms with E-state index in [1.54, 1.807) is 16.9 Å². The maximum Gasteiger partial charge on any atom is 0.273 e. The summed E-state index contributed by atoms with van der Waals surface area (Å²) in [6.45, 7) is 1.13. The molecular formula is C22H22N4O2. The van der Waals surface area contributed by atoms with Crippen molar-refractivity contribution in [2.75, 3.05) is 6.54 Å². The number of hydrogen-bond acceptors (Lipinski definition) is 4. The Morgan fingerprint density at radius 2 is 1.93 bits per heavy atom. The summed E-state index contributed by atoms with van der Waals surface area (Å²) in [4.78, 5) is 31.8. The molecule has 6 heteroatoms. The van der Waals surface area contributed by atoms with Gasteiger partial charge in [-0.1, -0.05) is 24.3 Å². The van der Waals surface area contributed by atoms with Gasteiger partial charge in [-0.15, -0.1) is 0 Å². The fourth-order valence-corrected chi connectivity index (χ4v) is 4.11. The molecule has 28 heavy (non-hydrogen) atoms. The van der Waals surface area contributed by atoms with E-state index in [-0.39, 0.29) is 17.5 Å². The quantitative estimate of drug-likeness (QED) is 0.704. The van der Waals surface area contributed by atoms with Crippen LogP contribution in [0.2, 0.25) is 0 Å². The molecule has 142 valence electrons. The SMILES string of the molecule is O=C(c1nccc2ccccc12)N1CCCC1Cn1nc(C2CC2)ccc1=O. The topological polar surface area (TPSA) is 68.1 Å². The van der Waals surface area contributed by atoms with Crippen LogP contribution in [0.25, 0.3) is 10.8 Å². The molecule has 1 aromatic carbocycles. The standard InChI is InChI=1S/C22H22N4O2/c27-20-10-9-19(16-7-8-16)24-26(20)14-17-5-3-13-25(17)22(28)21-18-6-2-1-4-15(18)11-12-23-21/h1-2,4,6,9-12,16-17H,3,5,7-8,13-14H2. The van der Waals surface area contributed by atoms with Crippen LogP contribution >= 0.6 is 0 Å². The number of fused-ring (bicyclic) bond motifs is 1. The van der Waals surface area contributed by atoms with Crippen molar-refractivity contribution in [3.8, 4) is 0 Å². The monoisotopic (exact) mass is 374 g/mol. The third kappa shape index (κ3) is 3.09. The number of rotatable bonds is 4. The van der Waals surface area contributed by atoms with Crippen LogP contribution in [-0.4, -0.2) is 38.2 Å². The van der Waals surface area contributed by atoms with Crippen LogP contribution < -0.4 is 5.56 Å². The van der Waals surface area contributed by atoms with Gasteiger partial charge in [0.1, 0.15) is 5.69 Å². The molecule has 0 spiro atoms. The van der Waals surface area contributed by atoms with E-state index < -0.39 is 0 Å². The highest BCUT2D eigenvalue weighted by atomic mass is 16.2. The molecular weight excluding hydrogens is 352 g/mol. The lowest BCUT2D eigenvalue weighted by atomic mass is 10.1. The van der Waals surface area contributed by atoms with Crippen LogP contribution in [0, 0.1) is 0 Å². The Hall–Kier alpha value is -3.02. The smallest absolute Gasteiger partial charge is 0.273 e. The van der Waals surface area contributed by atoms with Gasteiger partial charge in [-0.3, -0.25) is 14.6 Å². The summed E-state index contributed by atoms with van der Waals surface area (Å²) in [5.41, 5.74) is 1.37. The summed E-state index contributed by atoms with van der Waals surface area (Å²) in [5, 5.41) is 6.44. The van der Waals surface area contributed by atoms with Gasteiger partial charge >= 0.3 is 0 Å². The molecule has 2 aliphatic rings. The van der Waals surface area contributed by atoms with Crippen molar-refractivity contribution < 1.29 is 4.79 Å². The molecule has 3 aromatic rings. The van der Waals surface area contributed by atoms with Crippen molar-refractivity contribution in [3.05, 3.63) is 70.4 Å². The Labute approximate surface area is 162 Å². The maximum atomic E-state index is 13.3. The van der Waals surface area contributed by atoms with Gasteiger partial charge in [-0.25, -0.2) is 4.68 Å². The highest BCUT2D eigenvalue weighted by Crippen LogP contribution is 2.38. The second-order valence-corrected chi connectivity index (χ2v) is 7.73. The van der Waals surface area contributed by atoms with Gasteiger partial charge in [0, 0.05) is 30.1 Å².